The molecule has 0 saturated heterocycles. The van der Waals surface area contributed by atoms with Gasteiger partial charge in [0.25, 0.3) is 0 Å². The van der Waals surface area contributed by atoms with E-state index in [9.17, 15) is 4.79 Å². The minimum Gasteiger partial charge on any atom is -0.376 e. The summed E-state index contributed by atoms with van der Waals surface area (Å²) in [7, 11) is 0. The van der Waals surface area contributed by atoms with Gasteiger partial charge in [-0.1, -0.05) is 62.4 Å². The summed E-state index contributed by atoms with van der Waals surface area (Å²) in [5.74, 6) is 0.0360. The van der Waals surface area contributed by atoms with Gasteiger partial charge in [-0.15, -0.1) is 0 Å². The van der Waals surface area contributed by atoms with Crippen molar-refractivity contribution >= 4 is 11.6 Å². The smallest absolute Gasteiger partial charge is 0.239 e. The standard InChI is InChI=1S/C20H26N2O/c1-3-17-11-8-12-18(4-2)20(17)22-15-19(23)21-14-13-16-9-6-5-7-10-16/h5-12,22H,3-4,13-15H2,1-2H3,(H,21,23). The number of para-hydroxylation sites is 1. The number of aryl methyl sites for hydroxylation is 2. The van der Waals surface area contributed by atoms with E-state index in [0.29, 0.717) is 13.1 Å². The maximum Gasteiger partial charge on any atom is 0.239 e. The van der Waals surface area contributed by atoms with E-state index in [1.807, 2.05) is 18.2 Å². The summed E-state index contributed by atoms with van der Waals surface area (Å²) in [6.45, 7) is 5.26. The van der Waals surface area contributed by atoms with Crippen molar-refractivity contribution in [1.29, 1.82) is 0 Å². The molecule has 3 nitrogen and oxygen atoms in total. The van der Waals surface area contributed by atoms with Gasteiger partial charge in [0.1, 0.15) is 0 Å². The van der Waals surface area contributed by atoms with Crippen LogP contribution in [0.15, 0.2) is 48.5 Å². The first-order valence-corrected chi connectivity index (χ1v) is 8.39. The van der Waals surface area contributed by atoms with Crippen molar-refractivity contribution < 1.29 is 4.79 Å². The van der Waals surface area contributed by atoms with E-state index < -0.39 is 0 Å². The molecule has 0 spiro atoms. The normalized spacial score (nSPS) is 10.3. The molecule has 2 rings (SSSR count). The molecule has 1 amide bonds. The lowest BCUT2D eigenvalue weighted by atomic mass is 10.0. The van der Waals surface area contributed by atoms with Crippen molar-refractivity contribution in [3.8, 4) is 0 Å². The lowest BCUT2D eigenvalue weighted by Gasteiger charge is -2.15. The molecule has 0 unspecified atom stereocenters. The zero-order chi connectivity index (χ0) is 16.5. The first-order valence-electron chi connectivity index (χ1n) is 8.39. The Labute approximate surface area is 139 Å². The van der Waals surface area contributed by atoms with Crippen LogP contribution in [0.1, 0.15) is 30.5 Å². The molecule has 0 aliphatic carbocycles. The molecule has 3 heteroatoms. The first-order chi connectivity index (χ1) is 11.2. The van der Waals surface area contributed by atoms with Gasteiger partial charge in [0.2, 0.25) is 5.91 Å². The highest BCUT2D eigenvalue weighted by Gasteiger charge is 2.07. The van der Waals surface area contributed by atoms with Crippen molar-refractivity contribution in [2.45, 2.75) is 33.1 Å². The van der Waals surface area contributed by atoms with Gasteiger partial charge in [-0.25, -0.2) is 0 Å². The average Bonchev–Trinajstić information content (AvgIpc) is 2.60. The molecule has 0 fully saturated rings. The highest BCUT2D eigenvalue weighted by molar-refractivity contribution is 5.81. The van der Waals surface area contributed by atoms with Crippen LogP contribution in [0, 0.1) is 0 Å². The van der Waals surface area contributed by atoms with Crippen molar-refractivity contribution in [1.82, 2.24) is 5.32 Å². The predicted octanol–water partition coefficient (Wildman–Crippen LogP) is 3.58. The molecular weight excluding hydrogens is 284 g/mol. The number of anilines is 1. The highest BCUT2D eigenvalue weighted by atomic mass is 16.1. The van der Waals surface area contributed by atoms with Crippen LogP contribution in [0.2, 0.25) is 0 Å². The Balaban J connectivity index is 1.82. The topological polar surface area (TPSA) is 41.1 Å². The summed E-state index contributed by atoms with van der Waals surface area (Å²) in [4.78, 5) is 12.0. The van der Waals surface area contributed by atoms with E-state index in [1.54, 1.807) is 0 Å². The fourth-order valence-electron chi connectivity index (χ4n) is 2.69. The fourth-order valence-corrected chi connectivity index (χ4v) is 2.69. The molecule has 0 aliphatic heterocycles. The van der Waals surface area contributed by atoms with Gasteiger partial charge in [0.15, 0.2) is 0 Å². The van der Waals surface area contributed by atoms with Crippen LogP contribution in [0.25, 0.3) is 0 Å². The number of rotatable bonds is 8. The molecule has 2 aromatic rings. The van der Waals surface area contributed by atoms with E-state index >= 15 is 0 Å². The summed E-state index contributed by atoms with van der Waals surface area (Å²) in [5.41, 5.74) is 4.89. The Hall–Kier alpha value is -2.29. The highest BCUT2D eigenvalue weighted by Crippen LogP contribution is 2.22. The number of nitrogens with one attached hydrogen (secondary N) is 2. The fraction of sp³-hybridized carbons (Fsp3) is 0.350. The molecule has 0 heterocycles. The van der Waals surface area contributed by atoms with Crippen LogP contribution in [0.5, 0.6) is 0 Å². The Morgan fingerprint density at radius 2 is 1.57 bits per heavy atom. The largest absolute Gasteiger partial charge is 0.376 e. The molecule has 2 aromatic carbocycles. The summed E-state index contributed by atoms with van der Waals surface area (Å²) >= 11 is 0. The lowest BCUT2D eigenvalue weighted by molar-refractivity contribution is -0.119. The van der Waals surface area contributed by atoms with E-state index in [-0.39, 0.29) is 5.91 Å². The van der Waals surface area contributed by atoms with Crippen LogP contribution in [-0.2, 0) is 24.1 Å². The minimum absolute atomic E-state index is 0.0360. The summed E-state index contributed by atoms with van der Waals surface area (Å²) in [5, 5.41) is 6.30. The van der Waals surface area contributed by atoms with Crippen LogP contribution in [-0.4, -0.2) is 19.0 Å². The SMILES string of the molecule is CCc1cccc(CC)c1NCC(=O)NCCc1ccccc1. The maximum absolute atomic E-state index is 12.0. The zero-order valence-corrected chi connectivity index (χ0v) is 14.1. The van der Waals surface area contributed by atoms with E-state index in [2.05, 4.69) is 54.8 Å². The monoisotopic (exact) mass is 310 g/mol. The zero-order valence-electron chi connectivity index (χ0n) is 14.1. The quantitative estimate of drug-likeness (QED) is 0.782. The molecule has 0 radical (unpaired) electrons. The molecule has 0 bridgehead atoms. The van der Waals surface area contributed by atoms with Crippen molar-refractivity contribution in [2.24, 2.45) is 0 Å². The predicted molar refractivity (Wildman–Crippen MR) is 96.8 cm³/mol. The third-order valence-corrected chi connectivity index (χ3v) is 4.00. The molecule has 0 aliphatic rings. The van der Waals surface area contributed by atoms with E-state index in [0.717, 1.165) is 24.9 Å². The molecule has 2 N–H and O–H groups in total. The Morgan fingerprint density at radius 1 is 0.913 bits per heavy atom. The molecular formula is C20H26N2O. The summed E-state index contributed by atoms with van der Waals surface area (Å²) in [6.07, 6.45) is 2.79. The van der Waals surface area contributed by atoms with Crippen LogP contribution in [0.4, 0.5) is 5.69 Å². The maximum atomic E-state index is 12.0. The third-order valence-electron chi connectivity index (χ3n) is 4.00. The average molecular weight is 310 g/mol. The van der Waals surface area contributed by atoms with Gasteiger partial charge in [0, 0.05) is 12.2 Å². The Morgan fingerprint density at radius 3 is 2.17 bits per heavy atom. The van der Waals surface area contributed by atoms with E-state index in [1.165, 1.54) is 16.7 Å². The molecule has 122 valence electrons. The summed E-state index contributed by atoms with van der Waals surface area (Å²) < 4.78 is 0. The first kappa shape index (κ1) is 17.1. The second-order valence-corrected chi connectivity index (χ2v) is 5.60. The molecule has 0 aromatic heterocycles. The van der Waals surface area contributed by atoms with Gasteiger partial charge in [-0.2, -0.15) is 0 Å². The van der Waals surface area contributed by atoms with Crippen LogP contribution in [0.3, 0.4) is 0 Å². The second kappa shape index (κ2) is 8.99. The lowest BCUT2D eigenvalue weighted by Crippen LogP contribution is -2.31. The number of carbonyl (C=O) groups is 1. The van der Waals surface area contributed by atoms with Gasteiger partial charge in [-0.3, -0.25) is 4.79 Å². The van der Waals surface area contributed by atoms with Crippen molar-refractivity contribution in [2.75, 3.05) is 18.4 Å². The van der Waals surface area contributed by atoms with Gasteiger partial charge >= 0.3 is 0 Å². The number of hydrogen-bond acceptors (Lipinski definition) is 2. The number of amides is 1. The van der Waals surface area contributed by atoms with Crippen LogP contribution >= 0.6 is 0 Å². The van der Waals surface area contributed by atoms with Gasteiger partial charge in [-0.05, 0) is 36.0 Å². The van der Waals surface area contributed by atoms with Crippen LogP contribution < -0.4 is 10.6 Å². The number of hydrogen-bond donors (Lipinski definition) is 2. The molecule has 0 atom stereocenters. The Kier molecular flexibility index (Phi) is 6.67. The van der Waals surface area contributed by atoms with Crippen molar-refractivity contribution in [3.63, 3.8) is 0 Å². The van der Waals surface area contributed by atoms with Crippen molar-refractivity contribution in [3.05, 3.63) is 65.2 Å². The van der Waals surface area contributed by atoms with Gasteiger partial charge < -0.3 is 10.6 Å². The third kappa shape index (κ3) is 5.13. The Bertz CT molecular complexity index is 601. The molecule has 23 heavy (non-hydrogen) atoms. The number of carbonyl (C=O) groups excluding carboxylic acids is 1. The molecule has 0 saturated carbocycles. The summed E-state index contributed by atoms with van der Waals surface area (Å²) in [6, 6.07) is 16.5. The minimum atomic E-state index is 0.0360. The van der Waals surface area contributed by atoms with Gasteiger partial charge in [0.05, 0.1) is 6.54 Å². The number of benzene rings is 2. The second-order valence-electron chi connectivity index (χ2n) is 5.60. The van der Waals surface area contributed by atoms with E-state index in [4.69, 9.17) is 0 Å².